The number of hydrogen-bond acceptors (Lipinski definition) is 3. The molecule has 0 saturated heterocycles. The van der Waals surface area contributed by atoms with E-state index in [1.54, 1.807) is 12.1 Å². The van der Waals surface area contributed by atoms with Crippen molar-refractivity contribution in [3.05, 3.63) is 56.0 Å². The van der Waals surface area contributed by atoms with E-state index in [1.165, 1.54) is 0 Å². The van der Waals surface area contributed by atoms with Crippen LogP contribution in [0.4, 0.5) is 5.69 Å². The van der Waals surface area contributed by atoms with E-state index in [-0.39, 0.29) is 22.6 Å². The number of amides is 1. The summed E-state index contributed by atoms with van der Waals surface area (Å²) >= 11 is 0. The maximum absolute atomic E-state index is 13.4. The van der Waals surface area contributed by atoms with Crippen LogP contribution in [0.3, 0.4) is 0 Å². The molecule has 2 N–H and O–H groups in total. The molecule has 0 unspecified atom stereocenters. The van der Waals surface area contributed by atoms with Gasteiger partial charge in [-0.1, -0.05) is 34.1 Å². The first-order valence-corrected chi connectivity index (χ1v) is 10.7. The third-order valence-electron chi connectivity index (χ3n) is 5.77. The quantitative estimate of drug-likeness (QED) is 0.634. The standard InChI is InChI=1S/C24H34N2O3/c1-7-11-12-20-21(23(28)19(10-4)15(5)26(20)6)24(29)25-22-16(8-2)13-18(27)14-17(22)9-3/h13-14,27H,7-12H2,1-6H3,(H,25,29). The molecule has 0 radical (unpaired) electrons. The van der Waals surface area contributed by atoms with Gasteiger partial charge in [0.25, 0.3) is 5.91 Å². The number of benzene rings is 1. The Morgan fingerprint density at radius 1 is 1.07 bits per heavy atom. The van der Waals surface area contributed by atoms with Gasteiger partial charge in [0.1, 0.15) is 11.3 Å². The molecule has 1 amide bonds. The second-order valence-corrected chi connectivity index (χ2v) is 7.53. The highest BCUT2D eigenvalue weighted by molar-refractivity contribution is 6.06. The van der Waals surface area contributed by atoms with Crippen LogP contribution in [0.25, 0.3) is 0 Å². The van der Waals surface area contributed by atoms with E-state index in [9.17, 15) is 14.7 Å². The summed E-state index contributed by atoms with van der Waals surface area (Å²) in [6.07, 6.45) is 4.52. The van der Waals surface area contributed by atoms with Crippen molar-refractivity contribution >= 4 is 11.6 Å². The van der Waals surface area contributed by atoms with Crippen LogP contribution in [-0.2, 0) is 32.7 Å². The van der Waals surface area contributed by atoms with Gasteiger partial charge in [-0.3, -0.25) is 9.59 Å². The lowest BCUT2D eigenvalue weighted by molar-refractivity contribution is 0.102. The molecule has 5 heteroatoms. The number of phenols is 1. The van der Waals surface area contributed by atoms with E-state index in [2.05, 4.69) is 12.2 Å². The number of phenolic OH excluding ortho intramolecular Hbond substituents is 1. The molecule has 0 aliphatic rings. The van der Waals surface area contributed by atoms with Gasteiger partial charge in [-0.05, 0) is 62.3 Å². The molecular weight excluding hydrogens is 364 g/mol. The Kier molecular flexibility index (Phi) is 7.66. The average molecular weight is 399 g/mol. The van der Waals surface area contributed by atoms with Gasteiger partial charge >= 0.3 is 0 Å². The number of pyridine rings is 1. The number of carbonyl (C=O) groups excluding carboxylic acids is 1. The fourth-order valence-electron chi connectivity index (χ4n) is 3.95. The van der Waals surface area contributed by atoms with Gasteiger partial charge in [-0.2, -0.15) is 0 Å². The Labute approximate surface area is 173 Å². The molecule has 1 aromatic heterocycles. The van der Waals surface area contributed by atoms with Crippen molar-refractivity contribution in [3.63, 3.8) is 0 Å². The molecule has 1 aromatic carbocycles. The summed E-state index contributed by atoms with van der Waals surface area (Å²) in [5.74, 6) is -0.165. The minimum absolute atomic E-state index is 0.165. The average Bonchev–Trinajstić information content (AvgIpc) is 2.70. The Morgan fingerprint density at radius 3 is 2.14 bits per heavy atom. The monoisotopic (exact) mass is 398 g/mol. The summed E-state index contributed by atoms with van der Waals surface area (Å²) in [4.78, 5) is 26.6. The van der Waals surface area contributed by atoms with Gasteiger partial charge in [0.05, 0.1) is 0 Å². The van der Waals surface area contributed by atoms with Crippen LogP contribution in [0.5, 0.6) is 5.75 Å². The molecule has 0 aliphatic carbocycles. The lowest BCUT2D eigenvalue weighted by Crippen LogP contribution is -2.31. The highest BCUT2D eigenvalue weighted by Crippen LogP contribution is 2.28. The van der Waals surface area contributed by atoms with Gasteiger partial charge in [0.15, 0.2) is 5.43 Å². The van der Waals surface area contributed by atoms with Crippen LogP contribution in [0.15, 0.2) is 16.9 Å². The Balaban J connectivity index is 2.65. The van der Waals surface area contributed by atoms with Crippen LogP contribution in [-0.4, -0.2) is 15.6 Å². The first-order chi connectivity index (χ1) is 13.8. The summed E-state index contributed by atoms with van der Waals surface area (Å²) in [7, 11) is 1.94. The molecule has 158 valence electrons. The smallest absolute Gasteiger partial charge is 0.261 e. The van der Waals surface area contributed by atoms with Crippen molar-refractivity contribution in [2.24, 2.45) is 7.05 Å². The summed E-state index contributed by atoms with van der Waals surface area (Å²) in [6, 6.07) is 3.36. The highest BCUT2D eigenvalue weighted by atomic mass is 16.3. The van der Waals surface area contributed by atoms with Gasteiger partial charge in [-0.25, -0.2) is 0 Å². The number of aromatic hydroxyl groups is 1. The van der Waals surface area contributed by atoms with Crippen molar-refractivity contribution in [2.75, 3.05) is 5.32 Å². The zero-order valence-corrected chi connectivity index (χ0v) is 18.6. The second-order valence-electron chi connectivity index (χ2n) is 7.53. The fourth-order valence-corrected chi connectivity index (χ4v) is 3.95. The molecule has 5 nitrogen and oxygen atoms in total. The lowest BCUT2D eigenvalue weighted by Gasteiger charge is -2.21. The molecule has 2 rings (SSSR count). The van der Waals surface area contributed by atoms with Gasteiger partial charge < -0.3 is 15.0 Å². The van der Waals surface area contributed by atoms with Crippen LogP contribution >= 0.6 is 0 Å². The summed E-state index contributed by atoms with van der Waals surface area (Å²) in [6.45, 7) is 9.96. The third-order valence-corrected chi connectivity index (χ3v) is 5.77. The van der Waals surface area contributed by atoms with E-state index in [4.69, 9.17) is 0 Å². The van der Waals surface area contributed by atoms with E-state index in [0.29, 0.717) is 36.9 Å². The largest absolute Gasteiger partial charge is 0.508 e. The molecule has 0 fully saturated rings. The van der Waals surface area contributed by atoms with Crippen molar-refractivity contribution in [3.8, 4) is 5.75 Å². The Hall–Kier alpha value is -2.56. The number of anilines is 1. The molecular formula is C24H34N2O3. The van der Waals surface area contributed by atoms with E-state index < -0.39 is 0 Å². The molecule has 0 saturated carbocycles. The van der Waals surface area contributed by atoms with Crippen molar-refractivity contribution in [1.82, 2.24) is 4.57 Å². The van der Waals surface area contributed by atoms with Gasteiger partial charge in [0, 0.05) is 29.7 Å². The summed E-state index contributed by atoms with van der Waals surface area (Å²) in [5.41, 5.74) is 4.93. The Morgan fingerprint density at radius 2 is 1.66 bits per heavy atom. The molecule has 0 atom stereocenters. The molecule has 29 heavy (non-hydrogen) atoms. The number of nitrogens with zero attached hydrogens (tertiary/aromatic N) is 1. The predicted molar refractivity (Wildman–Crippen MR) is 119 cm³/mol. The van der Waals surface area contributed by atoms with E-state index in [1.807, 2.05) is 39.3 Å². The van der Waals surface area contributed by atoms with Crippen molar-refractivity contribution in [2.45, 2.75) is 73.1 Å². The van der Waals surface area contributed by atoms with Crippen molar-refractivity contribution < 1.29 is 9.90 Å². The number of carbonyl (C=O) groups is 1. The number of aromatic nitrogens is 1. The first kappa shape index (κ1) is 22.7. The minimum Gasteiger partial charge on any atom is -0.508 e. The number of aryl methyl sites for hydroxylation is 2. The number of rotatable bonds is 8. The summed E-state index contributed by atoms with van der Waals surface area (Å²) in [5, 5.41) is 13.0. The van der Waals surface area contributed by atoms with Crippen LogP contribution in [0.2, 0.25) is 0 Å². The summed E-state index contributed by atoms with van der Waals surface area (Å²) < 4.78 is 2.00. The first-order valence-electron chi connectivity index (χ1n) is 10.7. The van der Waals surface area contributed by atoms with Gasteiger partial charge in [0.2, 0.25) is 0 Å². The highest BCUT2D eigenvalue weighted by Gasteiger charge is 2.23. The van der Waals surface area contributed by atoms with E-state index >= 15 is 0 Å². The molecule has 2 aromatic rings. The normalized spacial score (nSPS) is 11.0. The Bertz CT molecular complexity index is 933. The lowest BCUT2D eigenvalue weighted by atomic mass is 9.98. The maximum atomic E-state index is 13.4. The van der Waals surface area contributed by atoms with Gasteiger partial charge in [-0.15, -0.1) is 0 Å². The topological polar surface area (TPSA) is 71.3 Å². The number of hydrogen-bond donors (Lipinski definition) is 2. The van der Waals surface area contributed by atoms with Crippen molar-refractivity contribution in [1.29, 1.82) is 0 Å². The second kappa shape index (κ2) is 9.77. The van der Waals surface area contributed by atoms with E-state index in [0.717, 1.165) is 35.4 Å². The predicted octanol–water partition coefficient (Wildman–Crippen LogP) is 4.68. The zero-order valence-electron chi connectivity index (χ0n) is 18.6. The van der Waals surface area contributed by atoms with Crippen LogP contribution in [0.1, 0.15) is 79.0 Å². The fraction of sp³-hybridized carbons (Fsp3) is 0.500. The van der Waals surface area contributed by atoms with Crippen LogP contribution < -0.4 is 10.7 Å². The SMILES string of the molecule is CCCCc1c(C(=O)Nc2c(CC)cc(O)cc2CC)c(=O)c(CC)c(C)n1C. The number of nitrogens with one attached hydrogen (secondary N) is 1. The minimum atomic E-state index is -0.360. The number of unbranched alkanes of at least 4 members (excludes halogenated alkanes) is 1. The molecule has 0 bridgehead atoms. The zero-order chi connectivity index (χ0) is 21.7. The molecule has 0 aliphatic heterocycles. The third kappa shape index (κ3) is 4.55. The maximum Gasteiger partial charge on any atom is 0.261 e. The molecule has 0 spiro atoms. The molecule has 1 heterocycles. The van der Waals surface area contributed by atoms with Crippen LogP contribution in [0, 0.1) is 6.92 Å².